The van der Waals surface area contributed by atoms with Crippen LogP contribution in [0.3, 0.4) is 0 Å². The van der Waals surface area contributed by atoms with Gasteiger partial charge in [-0.2, -0.15) is 13.2 Å². The molecule has 2 aromatic rings. The minimum atomic E-state index is -4.83. The summed E-state index contributed by atoms with van der Waals surface area (Å²) in [4.78, 5) is 11.9. The van der Waals surface area contributed by atoms with Crippen LogP contribution in [-0.4, -0.2) is 35.2 Å². The van der Waals surface area contributed by atoms with Crippen molar-refractivity contribution in [2.75, 3.05) is 17.1 Å². The minimum Gasteiger partial charge on any atom is -0.326 e. The van der Waals surface area contributed by atoms with Crippen LogP contribution >= 0.6 is 0 Å². The Kier molecular flexibility index (Phi) is 7.91. The van der Waals surface area contributed by atoms with Crippen LogP contribution in [0.15, 0.2) is 64.5 Å². The fourth-order valence-corrected chi connectivity index (χ4v) is 4.56. The van der Waals surface area contributed by atoms with E-state index in [2.05, 4.69) is 11.9 Å². The second-order valence-electron chi connectivity index (χ2n) is 6.74. The van der Waals surface area contributed by atoms with Crippen LogP contribution in [0.25, 0.3) is 0 Å². The molecule has 180 valence electrons. The summed E-state index contributed by atoms with van der Waals surface area (Å²) in [6.45, 7) is 3.98. The number of carbonyl (C=O) groups is 1. The third-order valence-electron chi connectivity index (χ3n) is 4.40. The lowest BCUT2D eigenvalue weighted by atomic mass is 10.1. The average Bonchev–Trinajstić information content (AvgIpc) is 2.73. The van der Waals surface area contributed by atoms with Crippen molar-refractivity contribution in [3.8, 4) is 0 Å². The average molecular weight is 509 g/mol. The van der Waals surface area contributed by atoms with Crippen LogP contribution in [0, 0.1) is 0 Å². The molecule has 0 fully saturated rings. The molecule has 0 saturated carbocycles. The number of allylic oxidation sites excluding steroid dienone is 1. The van der Waals surface area contributed by atoms with Crippen LogP contribution < -0.4 is 10.0 Å². The Morgan fingerprint density at radius 3 is 2.09 bits per heavy atom. The van der Waals surface area contributed by atoms with Gasteiger partial charge in [0.15, 0.2) is 9.84 Å². The van der Waals surface area contributed by atoms with Crippen molar-refractivity contribution in [3.63, 3.8) is 0 Å². The van der Waals surface area contributed by atoms with Gasteiger partial charge >= 0.3 is 6.18 Å². The van der Waals surface area contributed by atoms with Crippen LogP contribution in [-0.2, 0) is 26.0 Å². The molecule has 0 unspecified atom stereocenters. The smallest absolute Gasteiger partial charge is 0.326 e. The van der Waals surface area contributed by atoms with Gasteiger partial charge in [0.05, 0.1) is 39.0 Å². The SMILES string of the molecule is C=C(CCF)NC(=O)c1ccc(C(F)(F)F)cc1NS(=O)(=O)c1ccc(S(=O)(=O)CC)cc1. The largest absolute Gasteiger partial charge is 0.416 e. The Bertz CT molecular complexity index is 1260. The molecule has 0 radical (unpaired) electrons. The highest BCUT2D eigenvalue weighted by Gasteiger charge is 2.32. The highest BCUT2D eigenvalue weighted by molar-refractivity contribution is 7.92. The molecular weight excluding hydrogens is 488 g/mol. The zero-order valence-electron chi connectivity index (χ0n) is 17.2. The van der Waals surface area contributed by atoms with E-state index in [0.29, 0.717) is 12.1 Å². The molecule has 0 bridgehead atoms. The quantitative estimate of drug-likeness (QED) is 0.500. The number of nitrogens with one attached hydrogen (secondary N) is 2. The van der Waals surface area contributed by atoms with E-state index in [0.717, 1.165) is 30.3 Å². The van der Waals surface area contributed by atoms with E-state index in [1.54, 1.807) is 0 Å². The topological polar surface area (TPSA) is 109 Å². The summed E-state index contributed by atoms with van der Waals surface area (Å²) in [5.41, 5.74) is -2.41. The predicted octanol–water partition coefficient (Wildman–Crippen LogP) is 3.90. The van der Waals surface area contributed by atoms with Gasteiger partial charge in [0.25, 0.3) is 15.9 Å². The fraction of sp³-hybridized carbons (Fsp3) is 0.250. The second kappa shape index (κ2) is 9.91. The molecule has 7 nitrogen and oxygen atoms in total. The van der Waals surface area contributed by atoms with Gasteiger partial charge in [-0.1, -0.05) is 13.5 Å². The van der Waals surface area contributed by atoms with Gasteiger partial charge in [0, 0.05) is 12.1 Å². The maximum atomic E-state index is 13.2. The van der Waals surface area contributed by atoms with Gasteiger partial charge in [-0.05, 0) is 42.5 Å². The van der Waals surface area contributed by atoms with Crippen LogP contribution in [0.1, 0.15) is 29.3 Å². The monoisotopic (exact) mass is 508 g/mol. The first-order valence-corrected chi connectivity index (χ1v) is 12.5. The number of amides is 1. The van der Waals surface area contributed by atoms with Crippen molar-refractivity contribution in [3.05, 3.63) is 65.9 Å². The molecule has 0 aromatic heterocycles. The fourth-order valence-electron chi connectivity index (χ4n) is 2.60. The van der Waals surface area contributed by atoms with Crippen LogP contribution in [0.4, 0.5) is 23.2 Å². The normalized spacial score (nSPS) is 12.3. The Balaban J connectivity index is 2.48. The number of anilines is 1. The number of carbonyl (C=O) groups excluding carboxylic acids is 1. The summed E-state index contributed by atoms with van der Waals surface area (Å²) in [6, 6.07) is 5.86. The van der Waals surface area contributed by atoms with Crippen molar-refractivity contribution >= 4 is 31.5 Å². The summed E-state index contributed by atoms with van der Waals surface area (Å²) >= 11 is 0. The molecule has 2 aromatic carbocycles. The number of rotatable bonds is 9. The van der Waals surface area contributed by atoms with Crippen molar-refractivity contribution in [2.24, 2.45) is 0 Å². The van der Waals surface area contributed by atoms with E-state index in [1.165, 1.54) is 6.92 Å². The molecule has 0 aliphatic rings. The number of hydrogen-bond donors (Lipinski definition) is 2. The first-order chi connectivity index (χ1) is 15.2. The van der Waals surface area contributed by atoms with E-state index in [9.17, 15) is 39.2 Å². The molecule has 33 heavy (non-hydrogen) atoms. The van der Waals surface area contributed by atoms with Gasteiger partial charge < -0.3 is 5.32 Å². The third kappa shape index (κ3) is 6.54. The summed E-state index contributed by atoms with van der Waals surface area (Å²) in [7, 11) is -8.12. The van der Waals surface area contributed by atoms with E-state index >= 15 is 0 Å². The molecule has 0 aliphatic carbocycles. The van der Waals surface area contributed by atoms with Gasteiger partial charge in [0.1, 0.15) is 0 Å². The van der Waals surface area contributed by atoms with Crippen molar-refractivity contribution in [1.29, 1.82) is 0 Å². The van der Waals surface area contributed by atoms with E-state index in [4.69, 9.17) is 0 Å². The Morgan fingerprint density at radius 1 is 1.00 bits per heavy atom. The number of benzene rings is 2. The molecular formula is C20H20F4N2O5S2. The Labute approximate surface area is 188 Å². The molecule has 2 rings (SSSR count). The molecule has 0 spiro atoms. The molecule has 0 atom stereocenters. The van der Waals surface area contributed by atoms with E-state index in [-0.39, 0.29) is 22.8 Å². The second-order valence-corrected chi connectivity index (χ2v) is 10.7. The van der Waals surface area contributed by atoms with E-state index < -0.39 is 60.3 Å². The maximum absolute atomic E-state index is 13.2. The molecule has 0 aliphatic heterocycles. The maximum Gasteiger partial charge on any atom is 0.416 e. The van der Waals surface area contributed by atoms with Gasteiger partial charge in [-0.15, -0.1) is 0 Å². The zero-order valence-corrected chi connectivity index (χ0v) is 18.9. The molecule has 1 amide bonds. The summed E-state index contributed by atoms with van der Waals surface area (Å²) in [6.07, 6.45) is -5.07. The van der Waals surface area contributed by atoms with Crippen molar-refractivity contribution < 1.29 is 39.2 Å². The lowest BCUT2D eigenvalue weighted by molar-refractivity contribution is -0.137. The predicted molar refractivity (Wildman–Crippen MR) is 114 cm³/mol. The van der Waals surface area contributed by atoms with Gasteiger partial charge in [-0.3, -0.25) is 13.9 Å². The summed E-state index contributed by atoms with van der Waals surface area (Å²) < 4.78 is 103. The van der Waals surface area contributed by atoms with Crippen molar-refractivity contribution in [2.45, 2.75) is 29.3 Å². The Morgan fingerprint density at radius 2 is 1.58 bits per heavy atom. The first-order valence-electron chi connectivity index (χ1n) is 9.33. The summed E-state index contributed by atoms with van der Waals surface area (Å²) in [5, 5.41) is 2.20. The van der Waals surface area contributed by atoms with E-state index in [1.807, 2.05) is 4.72 Å². The standard InChI is InChI=1S/C20H20F4N2O5S2/c1-3-32(28,29)15-5-7-16(8-6-15)33(30,31)26-18-12-14(20(22,23)24)4-9-17(18)19(27)25-13(2)10-11-21/h4-9,12,26H,2-3,10-11H2,1H3,(H,25,27). The Hall–Kier alpha value is -2.93. The number of sulfone groups is 1. The third-order valence-corrected chi connectivity index (χ3v) is 7.53. The lowest BCUT2D eigenvalue weighted by Gasteiger charge is -2.16. The van der Waals surface area contributed by atoms with Crippen LogP contribution in [0.5, 0.6) is 0 Å². The highest BCUT2D eigenvalue weighted by atomic mass is 32.2. The van der Waals surface area contributed by atoms with Gasteiger partial charge in [0.2, 0.25) is 0 Å². The zero-order chi connectivity index (χ0) is 25.0. The number of alkyl halides is 4. The lowest BCUT2D eigenvalue weighted by Crippen LogP contribution is -2.25. The molecule has 2 N–H and O–H groups in total. The summed E-state index contributed by atoms with van der Waals surface area (Å²) in [5.74, 6) is -1.21. The number of halogens is 4. The first kappa shape index (κ1) is 26.3. The molecule has 0 saturated heterocycles. The number of sulfonamides is 1. The molecule has 0 heterocycles. The molecule has 13 heteroatoms. The minimum absolute atomic E-state index is 0.0519. The van der Waals surface area contributed by atoms with Crippen molar-refractivity contribution in [1.82, 2.24) is 5.32 Å². The number of hydrogen-bond acceptors (Lipinski definition) is 5. The van der Waals surface area contributed by atoms with Crippen LogP contribution in [0.2, 0.25) is 0 Å². The van der Waals surface area contributed by atoms with Gasteiger partial charge in [-0.25, -0.2) is 16.8 Å². The highest BCUT2D eigenvalue weighted by Crippen LogP contribution is 2.33.